The van der Waals surface area contributed by atoms with E-state index in [0.29, 0.717) is 5.92 Å². The second-order valence-electron chi connectivity index (χ2n) is 5.89. The van der Waals surface area contributed by atoms with Gasteiger partial charge in [-0.15, -0.1) is 0 Å². The minimum atomic E-state index is 0.0602. The molecular formula is C14H22N2. The zero-order valence-electron chi connectivity index (χ0n) is 10.7. The maximum Gasteiger partial charge on any atom is 0.133 e. The van der Waals surface area contributed by atoms with E-state index in [-0.39, 0.29) is 5.41 Å². The maximum absolute atomic E-state index is 4.76. The first kappa shape index (κ1) is 11.6. The zero-order valence-corrected chi connectivity index (χ0v) is 10.7. The Labute approximate surface area is 98.5 Å². The summed E-state index contributed by atoms with van der Waals surface area (Å²) in [6.45, 7) is 6.52. The van der Waals surface area contributed by atoms with Crippen molar-refractivity contribution in [1.29, 1.82) is 0 Å². The predicted molar refractivity (Wildman–Crippen MR) is 66.6 cm³/mol. The quantitative estimate of drug-likeness (QED) is 0.716. The molecule has 0 aromatic carbocycles. The van der Waals surface area contributed by atoms with Crippen molar-refractivity contribution < 1.29 is 0 Å². The number of hydrogen-bond donors (Lipinski definition) is 0. The van der Waals surface area contributed by atoms with Gasteiger partial charge in [-0.1, -0.05) is 40.0 Å². The van der Waals surface area contributed by atoms with Gasteiger partial charge in [-0.2, -0.15) is 0 Å². The smallest absolute Gasteiger partial charge is 0.133 e. The third kappa shape index (κ3) is 2.60. The van der Waals surface area contributed by atoms with Crippen LogP contribution in [0.4, 0.5) is 0 Å². The Morgan fingerprint density at radius 3 is 2.44 bits per heavy atom. The van der Waals surface area contributed by atoms with Crippen LogP contribution in [0.1, 0.15) is 70.3 Å². The van der Waals surface area contributed by atoms with Gasteiger partial charge in [-0.05, 0) is 18.9 Å². The predicted octanol–water partition coefficient (Wildman–Crippen LogP) is 3.82. The minimum Gasteiger partial charge on any atom is -0.241 e. The molecule has 0 atom stereocenters. The fraction of sp³-hybridized carbons (Fsp3) is 0.714. The average molecular weight is 218 g/mol. The average Bonchev–Trinajstić information content (AvgIpc) is 2.29. The number of nitrogens with zero attached hydrogens (tertiary/aromatic N) is 2. The first-order valence-electron chi connectivity index (χ1n) is 6.41. The molecule has 1 aliphatic carbocycles. The van der Waals surface area contributed by atoms with Crippen molar-refractivity contribution in [1.82, 2.24) is 9.97 Å². The van der Waals surface area contributed by atoms with Crippen LogP contribution in [0.2, 0.25) is 0 Å². The highest BCUT2D eigenvalue weighted by Crippen LogP contribution is 2.32. The maximum atomic E-state index is 4.76. The van der Waals surface area contributed by atoms with Gasteiger partial charge in [0.15, 0.2) is 0 Å². The van der Waals surface area contributed by atoms with Crippen LogP contribution in [-0.4, -0.2) is 9.97 Å². The molecule has 1 aromatic rings. The van der Waals surface area contributed by atoms with Gasteiger partial charge in [0, 0.05) is 23.2 Å². The van der Waals surface area contributed by atoms with Crippen molar-refractivity contribution in [2.75, 3.05) is 0 Å². The molecule has 1 heterocycles. The molecule has 0 spiro atoms. The molecule has 0 unspecified atom stereocenters. The van der Waals surface area contributed by atoms with Crippen LogP contribution in [-0.2, 0) is 5.41 Å². The second-order valence-corrected chi connectivity index (χ2v) is 5.89. The summed E-state index contributed by atoms with van der Waals surface area (Å²) in [5.41, 5.74) is 1.32. The minimum absolute atomic E-state index is 0.0602. The Kier molecular flexibility index (Phi) is 3.27. The Morgan fingerprint density at radius 1 is 1.12 bits per heavy atom. The standard InChI is InChI=1S/C14H22N2/c1-14(2,3)13-15-10-9-12(16-13)11-7-5-4-6-8-11/h9-11H,4-8H2,1-3H3. The summed E-state index contributed by atoms with van der Waals surface area (Å²) >= 11 is 0. The molecule has 0 aliphatic heterocycles. The lowest BCUT2D eigenvalue weighted by Gasteiger charge is -2.23. The van der Waals surface area contributed by atoms with Gasteiger partial charge < -0.3 is 0 Å². The van der Waals surface area contributed by atoms with Crippen molar-refractivity contribution in [3.63, 3.8) is 0 Å². The summed E-state index contributed by atoms with van der Waals surface area (Å²) in [5, 5.41) is 0. The fourth-order valence-corrected chi connectivity index (χ4v) is 2.36. The van der Waals surface area contributed by atoms with Crippen LogP contribution in [0.5, 0.6) is 0 Å². The van der Waals surface area contributed by atoms with Gasteiger partial charge in [-0.25, -0.2) is 9.97 Å². The van der Waals surface area contributed by atoms with E-state index in [9.17, 15) is 0 Å². The van der Waals surface area contributed by atoms with Crippen molar-refractivity contribution in [3.8, 4) is 0 Å². The van der Waals surface area contributed by atoms with Crippen LogP contribution < -0.4 is 0 Å². The molecular weight excluding hydrogens is 196 g/mol. The molecule has 1 aromatic heterocycles. The zero-order chi connectivity index (χ0) is 11.6. The highest BCUT2D eigenvalue weighted by molar-refractivity contribution is 5.12. The van der Waals surface area contributed by atoms with Crippen LogP contribution in [0.15, 0.2) is 12.3 Å². The monoisotopic (exact) mass is 218 g/mol. The van der Waals surface area contributed by atoms with Crippen LogP contribution >= 0.6 is 0 Å². The van der Waals surface area contributed by atoms with E-state index in [0.717, 1.165) is 5.82 Å². The SMILES string of the molecule is CC(C)(C)c1nccc(C2CCCCC2)n1. The van der Waals surface area contributed by atoms with Crippen LogP contribution in [0.3, 0.4) is 0 Å². The fourth-order valence-electron chi connectivity index (χ4n) is 2.36. The normalized spacial score (nSPS) is 18.7. The topological polar surface area (TPSA) is 25.8 Å². The summed E-state index contributed by atoms with van der Waals surface area (Å²) in [6, 6.07) is 2.10. The molecule has 0 bridgehead atoms. The molecule has 16 heavy (non-hydrogen) atoms. The molecule has 0 N–H and O–H groups in total. The van der Waals surface area contributed by atoms with Gasteiger partial charge in [-0.3, -0.25) is 0 Å². The Balaban J connectivity index is 2.21. The number of hydrogen-bond acceptors (Lipinski definition) is 2. The van der Waals surface area contributed by atoms with Crippen LogP contribution in [0, 0.1) is 0 Å². The van der Waals surface area contributed by atoms with Crippen molar-refractivity contribution >= 4 is 0 Å². The summed E-state index contributed by atoms with van der Waals surface area (Å²) in [6.07, 6.45) is 8.66. The first-order valence-corrected chi connectivity index (χ1v) is 6.41. The molecule has 2 heteroatoms. The largest absolute Gasteiger partial charge is 0.241 e. The van der Waals surface area contributed by atoms with E-state index < -0.39 is 0 Å². The molecule has 0 radical (unpaired) electrons. The summed E-state index contributed by atoms with van der Waals surface area (Å²) in [5.74, 6) is 1.66. The molecule has 1 aliphatic rings. The highest BCUT2D eigenvalue weighted by Gasteiger charge is 2.21. The van der Waals surface area contributed by atoms with Crippen molar-refractivity contribution in [2.45, 2.75) is 64.2 Å². The van der Waals surface area contributed by atoms with E-state index in [2.05, 4.69) is 31.8 Å². The molecule has 0 amide bonds. The van der Waals surface area contributed by atoms with Gasteiger partial charge in [0.25, 0.3) is 0 Å². The third-order valence-electron chi connectivity index (χ3n) is 3.37. The lowest BCUT2D eigenvalue weighted by Crippen LogP contribution is -2.18. The molecule has 1 fully saturated rings. The molecule has 1 saturated carbocycles. The third-order valence-corrected chi connectivity index (χ3v) is 3.37. The van der Waals surface area contributed by atoms with Gasteiger partial charge in [0.2, 0.25) is 0 Å². The van der Waals surface area contributed by atoms with Crippen molar-refractivity contribution in [2.24, 2.45) is 0 Å². The summed E-state index contributed by atoms with van der Waals surface area (Å²) in [7, 11) is 0. The van der Waals surface area contributed by atoms with Crippen molar-refractivity contribution in [3.05, 3.63) is 23.8 Å². The lowest BCUT2D eigenvalue weighted by atomic mass is 9.86. The Morgan fingerprint density at radius 2 is 1.81 bits per heavy atom. The van der Waals surface area contributed by atoms with Gasteiger partial charge in [0.05, 0.1) is 0 Å². The van der Waals surface area contributed by atoms with E-state index in [1.54, 1.807) is 0 Å². The highest BCUT2D eigenvalue weighted by atomic mass is 14.9. The summed E-state index contributed by atoms with van der Waals surface area (Å²) in [4.78, 5) is 9.15. The van der Waals surface area contributed by atoms with E-state index >= 15 is 0 Å². The Bertz CT molecular complexity index is 346. The number of rotatable bonds is 1. The van der Waals surface area contributed by atoms with Crippen LogP contribution in [0.25, 0.3) is 0 Å². The van der Waals surface area contributed by atoms with Gasteiger partial charge >= 0.3 is 0 Å². The number of aromatic nitrogens is 2. The lowest BCUT2D eigenvalue weighted by molar-refractivity contribution is 0.431. The van der Waals surface area contributed by atoms with Gasteiger partial charge in [0.1, 0.15) is 5.82 Å². The second kappa shape index (κ2) is 4.52. The summed E-state index contributed by atoms with van der Waals surface area (Å²) < 4.78 is 0. The van der Waals surface area contributed by atoms with E-state index in [1.807, 2.05) is 6.20 Å². The molecule has 2 rings (SSSR count). The van der Waals surface area contributed by atoms with E-state index in [4.69, 9.17) is 4.98 Å². The van der Waals surface area contributed by atoms with E-state index in [1.165, 1.54) is 37.8 Å². The molecule has 88 valence electrons. The molecule has 0 saturated heterocycles. The molecule has 2 nitrogen and oxygen atoms in total. The Hall–Kier alpha value is -0.920. The first-order chi connectivity index (χ1) is 7.57.